The van der Waals surface area contributed by atoms with Crippen molar-refractivity contribution in [2.24, 2.45) is 11.7 Å². The smallest absolute Gasteiger partial charge is 0.277 e. The highest BCUT2D eigenvalue weighted by molar-refractivity contribution is 6.05. The van der Waals surface area contributed by atoms with E-state index < -0.39 is 0 Å². The van der Waals surface area contributed by atoms with Gasteiger partial charge in [0.1, 0.15) is 23.4 Å². The number of aromatic nitrogens is 2. The lowest BCUT2D eigenvalue weighted by Crippen LogP contribution is -2.36. The summed E-state index contributed by atoms with van der Waals surface area (Å²) in [5.41, 5.74) is 15.0. The number of ether oxygens (including phenoxy) is 1. The van der Waals surface area contributed by atoms with Gasteiger partial charge in [-0.2, -0.15) is 0 Å². The molecule has 1 fully saturated rings. The van der Waals surface area contributed by atoms with Crippen molar-refractivity contribution in [2.45, 2.75) is 38.7 Å². The summed E-state index contributed by atoms with van der Waals surface area (Å²) in [5, 5.41) is 3.06. The van der Waals surface area contributed by atoms with Gasteiger partial charge >= 0.3 is 0 Å². The van der Waals surface area contributed by atoms with Gasteiger partial charge in [0.05, 0.1) is 11.4 Å². The third-order valence-electron chi connectivity index (χ3n) is 6.48. The summed E-state index contributed by atoms with van der Waals surface area (Å²) in [6.45, 7) is 6.60. The number of fused-ring (bicyclic) bond motifs is 1. The van der Waals surface area contributed by atoms with Gasteiger partial charge in [0.25, 0.3) is 5.91 Å². The molecule has 2 aromatic heterocycles. The molecule has 34 heavy (non-hydrogen) atoms. The number of nitrogen functional groups attached to an aromatic ring is 1. The zero-order valence-corrected chi connectivity index (χ0v) is 19.5. The number of pyridine rings is 1. The minimum absolute atomic E-state index is 0.190. The Hall–Kier alpha value is -3.59. The van der Waals surface area contributed by atoms with Crippen LogP contribution in [0.4, 0.5) is 17.2 Å². The first-order chi connectivity index (χ1) is 16.3. The van der Waals surface area contributed by atoms with Crippen molar-refractivity contribution in [3.8, 4) is 17.2 Å². The van der Waals surface area contributed by atoms with E-state index in [0.717, 1.165) is 55.0 Å². The molecule has 9 heteroatoms. The van der Waals surface area contributed by atoms with E-state index in [-0.39, 0.29) is 17.2 Å². The number of carbonyl (C=O) groups is 1. The number of amides is 1. The summed E-state index contributed by atoms with van der Waals surface area (Å²) in [5.74, 6) is 1.74. The number of oxazole rings is 1. The molecule has 5 N–H and O–H groups in total. The maximum Gasteiger partial charge on any atom is 0.277 e. The van der Waals surface area contributed by atoms with E-state index in [4.69, 9.17) is 20.6 Å². The maximum absolute atomic E-state index is 13.1. The predicted molar refractivity (Wildman–Crippen MR) is 131 cm³/mol. The Morgan fingerprint density at radius 2 is 2.06 bits per heavy atom. The van der Waals surface area contributed by atoms with Crippen LogP contribution in [0.25, 0.3) is 11.5 Å². The lowest BCUT2D eigenvalue weighted by Gasteiger charge is -2.34. The molecule has 0 saturated carbocycles. The summed E-state index contributed by atoms with van der Waals surface area (Å²) in [4.78, 5) is 23.8. The number of nitrogens with zero attached hydrogens (tertiary/aromatic N) is 3. The van der Waals surface area contributed by atoms with E-state index in [1.807, 2.05) is 6.07 Å². The first-order valence-electron chi connectivity index (χ1n) is 11.6. The van der Waals surface area contributed by atoms with Gasteiger partial charge in [0.2, 0.25) is 5.89 Å². The lowest BCUT2D eigenvalue weighted by atomic mass is 9.96. The fourth-order valence-electron chi connectivity index (χ4n) is 4.69. The Bertz CT molecular complexity index is 1210. The number of hydrogen-bond donors (Lipinski definition) is 3. The van der Waals surface area contributed by atoms with Crippen LogP contribution >= 0.6 is 0 Å². The molecule has 0 radical (unpaired) electrons. The minimum atomic E-state index is -0.340. The molecule has 178 valence electrons. The van der Waals surface area contributed by atoms with Crippen LogP contribution in [0, 0.1) is 5.92 Å². The zero-order valence-electron chi connectivity index (χ0n) is 19.5. The van der Waals surface area contributed by atoms with E-state index in [1.54, 1.807) is 18.3 Å². The number of carbonyl (C=O) groups excluding carboxylic acids is 1. The zero-order chi connectivity index (χ0) is 23.9. The fraction of sp³-hybridized carbons (Fsp3) is 0.400. The van der Waals surface area contributed by atoms with Gasteiger partial charge in [0, 0.05) is 42.9 Å². The van der Waals surface area contributed by atoms with Gasteiger partial charge in [-0.05, 0) is 57.4 Å². The van der Waals surface area contributed by atoms with Crippen molar-refractivity contribution in [1.29, 1.82) is 0 Å². The molecule has 0 spiro atoms. The van der Waals surface area contributed by atoms with E-state index in [9.17, 15) is 4.79 Å². The first-order valence-corrected chi connectivity index (χ1v) is 11.6. The Morgan fingerprint density at radius 3 is 2.79 bits per heavy atom. The quantitative estimate of drug-likeness (QED) is 0.525. The molecular formula is C25H30N6O3. The van der Waals surface area contributed by atoms with E-state index >= 15 is 0 Å². The molecule has 4 heterocycles. The average Bonchev–Trinajstić information content (AvgIpc) is 3.42. The van der Waals surface area contributed by atoms with Crippen LogP contribution in [-0.2, 0) is 6.42 Å². The highest BCUT2D eigenvalue weighted by Crippen LogP contribution is 2.42. The van der Waals surface area contributed by atoms with Crippen LogP contribution in [0.3, 0.4) is 0 Å². The number of hydrogen-bond acceptors (Lipinski definition) is 8. The van der Waals surface area contributed by atoms with Gasteiger partial charge in [-0.3, -0.25) is 4.79 Å². The third kappa shape index (κ3) is 4.43. The van der Waals surface area contributed by atoms with Crippen molar-refractivity contribution in [1.82, 2.24) is 9.97 Å². The van der Waals surface area contributed by atoms with Crippen molar-refractivity contribution >= 4 is 23.1 Å². The number of nitrogens with two attached hydrogens (primary N) is 2. The van der Waals surface area contributed by atoms with Crippen molar-refractivity contribution in [3.63, 3.8) is 0 Å². The van der Waals surface area contributed by atoms with Gasteiger partial charge in [0.15, 0.2) is 5.69 Å². The largest absolute Gasteiger partial charge is 0.487 e. The summed E-state index contributed by atoms with van der Waals surface area (Å²) < 4.78 is 11.7. The van der Waals surface area contributed by atoms with Gasteiger partial charge < -0.3 is 30.8 Å². The molecule has 2 aliphatic rings. The molecule has 0 atom stereocenters. The highest BCUT2D eigenvalue weighted by atomic mass is 16.5. The predicted octanol–water partition coefficient (Wildman–Crippen LogP) is 3.46. The molecule has 1 amide bonds. The SMILES string of the molecule is CC1(C)Cc2cc(NC(=O)c3coc(-c4ccnc(N)c4)n3)c(N3CCC(CN)CC3)cc2O1. The van der Waals surface area contributed by atoms with Crippen LogP contribution in [0.5, 0.6) is 5.75 Å². The highest BCUT2D eigenvalue weighted by Gasteiger charge is 2.32. The standard InChI is InChI=1S/C25H30N6O3/c1-25(2)12-17-9-18(20(11-21(17)34-25)31-7-4-15(13-26)5-8-31)29-23(32)19-14-33-24(30-19)16-3-6-28-22(27)10-16/h3,6,9-11,14-15H,4-5,7-8,12-13,26H2,1-2H3,(H2,27,28)(H,29,32). The molecular weight excluding hydrogens is 432 g/mol. The molecule has 1 aromatic carbocycles. The Labute approximate surface area is 198 Å². The van der Waals surface area contributed by atoms with Crippen LogP contribution in [-0.4, -0.2) is 41.1 Å². The maximum atomic E-state index is 13.1. The normalized spacial score (nSPS) is 17.3. The van der Waals surface area contributed by atoms with Gasteiger partial charge in [-0.25, -0.2) is 9.97 Å². The molecule has 3 aromatic rings. The number of rotatable bonds is 5. The molecule has 9 nitrogen and oxygen atoms in total. The summed E-state index contributed by atoms with van der Waals surface area (Å²) in [7, 11) is 0. The Balaban J connectivity index is 1.42. The van der Waals surface area contributed by atoms with E-state index in [1.165, 1.54) is 6.26 Å². The van der Waals surface area contributed by atoms with Crippen molar-refractivity contribution in [2.75, 3.05) is 35.6 Å². The monoisotopic (exact) mass is 462 g/mol. The van der Waals surface area contributed by atoms with Gasteiger partial charge in [-0.1, -0.05) is 0 Å². The van der Waals surface area contributed by atoms with Crippen molar-refractivity contribution in [3.05, 3.63) is 48.0 Å². The second-order valence-corrected chi connectivity index (χ2v) is 9.64. The van der Waals surface area contributed by atoms with Crippen LogP contribution in [0.2, 0.25) is 0 Å². The summed E-state index contributed by atoms with van der Waals surface area (Å²) in [6, 6.07) is 7.46. The topological polar surface area (TPSA) is 133 Å². The lowest BCUT2D eigenvalue weighted by molar-refractivity contribution is 0.102. The minimum Gasteiger partial charge on any atom is -0.487 e. The summed E-state index contributed by atoms with van der Waals surface area (Å²) >= 11 is 0. The Morgan fingerprint density at radius 1 is 1.26 bits per heavy atom. The van der Waals surface area contributed by atoms with E-state index in [0.29, 0.717) is 29.7 Å². The number of piperidine rings is 1. The second kappa shape index (κ2) is 8.64. The number of nitrogens with one attached hydrogen (secondary N) is 1. The molecule has 1 saturated heterocycles. The Kier molecular flexibility index (Phi) is 5.65. The van der Waals surface area contributed by atoms with E-state index in [2.05, 4.69) is 40.1 Å². The number of benzene rings is 1. The summed E-state index contributed by atoms with van der Waals surface area (Å²) in [6.07, 6.45) is 5.75. The van der Waals surface area contributed by atoms with Crippen molar-refractivity contribution < 1.29 is 13.9 Å². The molecule has 0 unspecified atom stereocenters. The second-order valence-electron chi connectivity index (χ2n) is 9.64. The average molecular weight is 463 g/mol. The molecule has 2 aliphatic heterocycles. The van der Waals surface area contributed by atoms with Crippen LogP contribution in [0.1, 0.15) is 42.7 Å². The third-order valence-corrected chi connectivity index (χ3v) is 6.48. The number of anilines is 3. The van der Waals surface area contributed by atoms with Gasteiger partial charge in [-0.15, -0.1) is 0 Å². The first kappa shape index (κ1) is 22.2. The van der Waals surface area contributed by atoms with Crippen LogP contribution < -0.4 is 26.4 Å². The molecule has 5 rings (SSSR count). The fourth-order valence-corrected chi connectivity index (χ4v) is 4.69. The molecule has 0 aliphatic carbocycles. The molecule has 0 bridgehead atoms. The van der Waals surface area contributed by atoms with Crippen LogP contribution in [0.15, 0.2) is 41.1 Å².